The molecule has 1 aromatic rings. The third-order valence-electron chi connectivity index (χ3n) is 2.77. The van der Waals surface area contributed by atoms with Crippen molar-refractivity contribution in [2.75, 3.05) is 19.0 Å². The highest BCUT2D eigenvalue weighted by Crippen LogP contribution is 2.17. The second-order valence-electron chi connectivity index (χ2n) is 4.65. The number of rotatable bonds is 7. The minimum atomic E-state index is -0.507. The van der Waals surface area contributed by atoms with Gasteiger partial charge in [-0.3, -0.25) is 4.79 Å². The molecule has 0 heterocycles. The Kier molecular flexibility index (Phi) is 7.53. The van der Waals surface area contributed by atoms with Crippen LogP contribution < -0.4 is 15.4 Å². The Labute approximate surface area is 130 Å². The van der Waals surface area contributed by atoms with Gasteiger partial charge < -0.3 is 20.1 Å². The highest BCUT2D eigenvalue weighted by atomic mass is 16.6. The number of hydrogen-bond donors (Lipinski definition) is 2. The van der Waals surface area contributed by atoms with Crippen LogP contribution in [0.5, 0.6) is 5.75 Å². The summed E-state index contributed by atoms with van der Waals surface area (Å²) in [5.74, 6) is 0.545. The average molecular weight is 306 g/mol. The monoisotopic (exact) mass is 306 g/mol. The molecule has 0 aromatic heterocycles. The molecule has 0 atom stereocenters. The maximum atomic E-state index is 11.7. The van der Waals surface area contributed by atoms with Gasteiger partial charge >= 0.3 is 6.09 Å². The molecule has 0 saturated carbocycles. The predicted molar refractivity (Wildman–Crippen MR) is 84.8 cm³/mol. The van der Waals surface area contributed by atoms with Gasteiger partial charge in [-0.05, 0) is 25.5 Å². The first-order chi connectivity index (χ1) is 10.5. The Morgan fingerprint density at radius 2 is 2.09 bits per heavy atom. The molecule has 0 spiro atoms. The third kappa shape index (κ3) is 6.78. The zero-order valence-electron chi connectivity index (χ0n) is 13.1. The smallest absolute Gasteiger partial charge is 0.412 e. The van der Waals surface area contributed by atoms with Crippen LogP contribution in [0.15, 0.2) is 36.1 Å². The van der Waals surface area contributed by atoms with Crippen molar-refractivity contribution in [1.29, 1.82) is 0 Å². The Balaban J connectivity index is 2.58. The molecule has 2 N–H and O–H groups in total. The lowest BCUT2D eigenvalue weighted by atomic mass is 10.3. The molecule has 120 valence electrons. The van der Waals surface area contributed by atoms with Crippen LogP contribution in [0.25, 0.3) is 0 Å². The molecule has 2 amide bonds. The summed E-state index contributed by atoms with van der Waals surface area (Å²) in [5, 5.41) is 5.32. The lowest BCUT2D eigenvalue weighted by molar-refractivity contribution is -0.112. The van der Waals surface area contributed by atoms with Crippen LogP contribution in [0.3, 0.4) is 0 Å². The number of benzene rings is 1. The van der Waals surface area contributed by atoms with Crippen molar-refractivity contribution in [2.45, 2.75) is 26.7 Å². The molecule has 0 fully saturated rings. The van der Waals surface area contributed by atoms with Crippen molar-refractivity contribution in [3.05, 3.63) is 36.1 Å². The van der Waals surface area contributed by atoms with Crippen molar-refractivity contribution in [3.63, 3.8) is 0 Å². The Morgan fingerprint density at radius 1 is 1.32 bits per heavy atom. The fourth-order valence-corrected chi connectivity index (χ4v) is 1.57. The number of ether oxygens (including phenoxy) is 2. The topological polar surface area (TPSA) is 76.7 Å². The molecule has 0 saturated heterocycles. The van der Waals surface area contributed by atoms with Gasteiger partial charge in [0.1, 0.15) is 5.75 Å². The zero-order valence-corrected chi connectivity index (χ0v) is 13.1. The predicted octanol–water partition coefficient (Wildman–Crippen LogP) is 3.06. The number of anilines is 1. The van der Waals surface area contributed by atoms with Crippen LogP contribution in [0.2, 0.25) is 0 Å². The number of carbonyl (C=O) groups is 2. The molecule has 0 bridgehead atoms. The van der Waals surface area contributed by atoms with Crippen LogP contribution in [0.4, 0.5) is 10.5 Å². The highest BCUT2D eigenvalue weighted by molar-refractivity contribution is 5.99. The molecular weight excluding hydrogens is 284 g/mol. The summed E-state index contributed by atoms with van der Waals surface area (Å²) < 4.78 is 10.0. The van der Waals surface area contributed by atoms with Crippen LogP contribution in [0, 0.1) is 0 Å². The van der Waals surface area contributed by atoms with Crippen molar-refractivity contribution in [3.8, 4) is 5.75 Å². The number of methoxy groups -OCH3 is 1. The highest BCUT2D eigenvalue weighted by Gasteiger charge is 2.05. The van der Waals surface area contributed by atoms with Gasteiger partial charge in [-0.2, -0.15) is 0 Å². The van der Waals surface area contributed by atoms with E-state index in [0.29, 0.717) is 23.7 Å². The average Bonchev–Trinajstić information content (AvgIpc) is 2.47. The van der Waals surface area contributed by atoms with Crippen LogP contribution >= 0.6 is 0 Å². The van der Waals surface area contributed by atoms with Crippen LogP contribution in [0.1, 0.15) is 26.7 Å². The van der Waals surface area contributed by atoms with E-state index < -0.39 is 6.09 Å². The first kappa shape index (κ1) is 17.6. The van der Waals surface area contributed by atoms with Crippen molar-refractivity contribution in [1.82, 2.24) is 5.32 Å². The molecule has 22 heavy (non-hydrogen) atoms. The van der Waals surface area contributed by atoms with Gasteiger partial charge in [-0.25, -0.2) is 4.79 Å². The van der Waals surface area contributed by atoms with E-state index in [0.717, 1.165) is 12.8 Å². The molecule has 0 radical (unpaired) electrons. The molecule has 1 aromatic carbocycles. The largest absolute Gasteiger partial charge is 0.501 e. The Hall–Kier alpha value is -2.50. The van der Waals surface area contributed by atoms with Crippen molar-refractivity contribution < 1.29 is 19.1 Å². The van der Waals surface area contributed by atoms with E-state index in [1.165, 1.54) is 13.2 Å². The minimum absolute atomic E-state index is 0.316. The van der Waals surface area contributed by atoms with Gasteiger partial charge in [0, 0.05) is 24.4 Å². The molecule has 0 unspecified atom stereocenters. The van der Waals surface area contributed by atoms with E-state index in [9.17, 15) is 9.59 Å². The third-order valence-corrected chi connectivity index (χ3v) is 2.77. The van der Waals surface area contributed by atoms with Crippen LogP contribution in [-0.2, 0) is 9.53 Å². The van der Waals surface area contributed by atoms with E-state index in [-0.39, 0.29) is 5.91 Å². The summed E-state index contributed by atoms with van der Waals surface area (Å²) in [6.45, 7) is 4.30. The molecule has 6 heteroatoms. The Bertz CT molecular complexity index is 541. The number of allylic oxidation sites excluding steroid dienone is 1. The first-order valence-corrected chi connectivity index (χ1v) is 7.14. The van der Waals surface area contributed by atoms with E-state index >= 15 is 0 Å². The molecular formula is C16H22N2O4. The van der Waals surface area contributed by atoms with E-state index in [4.69, 9.17) is 9.47 Å². The molecule has 6 nitrogen and oxygen atoms in total. The molecule has 0 aliphatic heterocycles. The standard InChI is InChI=1S/C16H22N2O4/c1-4-5-9-17-16(20)22-14-8-6-7-13(11-14)18-15(19)10-12(2)21-3/h6-8,10-11H,4-5,9H2,1-3H3,(H,17,20)(H,18,19)/b12-10-. The zero-order chi connectivity index (χ0) is 16.4. The summed E-state index contributed by atoms with van der Waals surface area (Å²) >= 11 is 0. The van der Waals surface area contributed by atoms with Crippen LogP contribution in [-0.4, -0.2) is 25.7 Å². The van der Waals surface area contributed by atoms with Gasteiger partial charge in [-0.15, -0.1) is 0 Å². The van der Waals surface area contributed by atoms with Gasteiger partial charge in [0.05, 0.1) is 12.9 Å². The number of amides is 2. The number of nitrogens with one attached hydrogen (secondary N) is 2. The Morgan fingerprint density at radius 3 is 2.77 bits per heavy atom. The fraction of sp³-hybridized carbons (Fsp3) is 0.375. The van der Waals surface area contributed by atoms with Gasteiger partial charge in [0.15, 0.2) is 0 Å². The first-order valence-electron chi connectivity index (χ1n) is 7.14. The summed E-state index contributed by atoms with van der Waals surface area (Å²) in [4.78, 5) is 23.3. The second kappa shape index (κ2) is 9.44. The molecule has 0 aliphatic rings. The lowest BCUT2D eigenvalue weighted by Gasteiger charge is -2.08. The normalized spacial score (nSPS) is 10.8. The van der Waals surface area contributed by atoms with Gasteiger partial charge in [0.2, 0.25) is 0 Å². The fourth-order valence-electron chi connectivity index (χ4n) is 1.57. The minimum Gasteiger partial charge on any atom is -0.501 e. The lowest BCUT2D eigenvalue weighted by Crippen LogP contribution is -2.27. The van der Waals surface area contributed by atoms with E-state index in [1.807, 2.05) is 6.92 Å². The number of carbonyl (C=O) groups excluding carboxylic acids is 2. The van der Waals surface area contributed by atoms with Gasteiger partial charge in [0.25, 0.3) is 5.91 Å². The number of hydrogen-bond acceptors (Lipinski definition) is 4. The number of unbranched alkanes of at least 4 members (excludes halogenated alkanes) is 1. The van der Waals surface area contributed by atoms with E-state index in [2.05, 4.69) is 10.6 Å². The van der Waals surface area contributed by atoms with Crippen molar-refractivity contribution in [2.24, 2.45) is 0 Å². The second-order valence-corrected chi connectivity index (χ2v) is 4.65. The summed E-state index contributed by atoms with van der Waals surface area (Å²) in [7, 11) is 1.49. The van der Waals surface area contributed by atoms with Crippen molar-refractivity contribution >= 4 is 17.7 Å². The summed E-state index contributed by atoms with van der Waals surface area (Å²) in [6.07, 6.45) is 2.73. The van der Waals surface area contributed by atoms with Gasteiger partial charge in [-0.1, -0.05) is 19.4 Å². The quantitative estimate of drug-likeness (QED) is 0.461. The SMILES string of the molecule is CCCCNC(=O)Oc1cccc(NC(=O)/C=C(/C)OC)c1. The summed E-state index contributed by atoms with van der Waals surface area (Å²) in [6, 6.07) is 6.62. The maximum Gasteiger partial charge on any atom is 0.412 e. The molecule has 1 rings (SSSR count). The maximum absolute atomic E-state index is 11.7. The summed E-state index contributed by atoms with van der Waals surface area (Å²) in [5.41, 5.74) is 0.531. The van der Waals surface area contributed by atoms with E-state index in [1.54, 1.807) is 31.2 Å². The molecule has 0 aliphatic carbocycles.